The molecule has 3 rings (SSSR count). The fourth-order valence-corrected chi connectivity index (χ4v) is 3.12. The summed E-state index contributed by atoms with van der Waals surface area (Å²) in [6.45, 7) is 0.273. The number of aromatic nitrogens is 1. The van der Waals surface area contributed by atoms with Gasteiger partial charge in [0.05, 0.1) is 16.3 Å². The number of amides is 2. The van der Waals surface area contributed by atoms with E-state index in [2.05, 4.69) is 10.6 Å². The Balaban J connectivity index is 1.59. The molecule has 0 bridgehead atoms. The van der Waals surface area contributed by atoms with Crippen LogP contribution in [0.2, 0.25) is 5.02 Å². The van der Waals surface area contributed by atoms with Crippen molar-refractivity contribution < 1.29 is 9.59 Å². The van der Waals surface area contributed by atoms with Gasteiger partial charge < -0.3 is 15.2 Å². The molecule has 5 nitrogen and oxygen atoms in total. The van der Waals surface area contributed by atoms with Crippen LogP contribution in [-0.4, -0.2) is 22.9 Å². The number of nitrogens with one attached hydrogen (secondary N) is 2. The molecular weight excluding hydrogens is 358 g/mol. The van der Waals surface area contributed by atoms with Gasteiger partial charge in [-0.25, -0.2) is 0 Å². The SMILES string of the molecule is O=C(CCNC(=O)c1cccs1)Nc1ccc(Cl)cc1-n1cccc1. The number of hydrogen-bond donors (Lipinski definition) is 2. The number of thiophene rings is 1. The van der Waals surface area contributed by atoms with Crippen molar-refractivity contribution in [3.05, 3.63) is 70.1 Å². The highest BCUT2D eigenvalue weighted by molar-refractivity contribution is 7.12. The van der Waals surface area contributed by atoms with E-state index in [0.29, 0.717) is 15.6 Å². The summed E-state index contributed by atoms with van der Waals surface area (Å²) in [5, 5.41) is 8.03. The Kier molecular flexibility index (Phi) is 5.53. The summed E-state index contributed by atoms with van der Waals surface area (Å²) < 4.78 is 1.88. The van der Waals surface area contributed by atoms with Gasteiger partial charge in [-0.1, -0.05) is 17.7 Å². The van der Waals surface area contributed by atoms with Crippen molar-refractivity contribution in [1.29, 1.82) is 0 Å². The third-order valence-corrected chi connectivity index (χ3v) is 4.60. The Bertz CT molecular complexity index is 861. The maximum absolute atomic E-state index is 12.2. The summed E-state index contributed by atoms with van der Waals surface area (Å²) in [4.78, 5) is 24.7. The van der Waals surface area contributed by atoms with Gasteiger partial charge >= 0.3 is 0 Å². The molecule has 1 aromatic carbocycles. The molecule has 7 heteroatoms. The molecule has 0 atom stereocenters. The van der Waals surface area contributed by atoms with Crippen LogP contribution in [0.25, 0.3) is 5.69 Å². The molecule has 0 aliphatic carbocycles. The van der Waals surface area contributed by atoms with Crippen molar-refractivity contribution >= 4 is 40.4 Å². The molecule has 0 aliphatic heterocycles. The third-order valence-electron chi connectivity index (χ3n) is 3.50. The Morgan fingerprint density at radius 1 is 1.12 bits per heavy atom. The number of rotatable bonds is 6. The first-order valence-electron chi connectivity index (χ1n) is 7.68. The largest absolute Gasteiger partial charge is 0.351 e. The van der Waals surface area contributed by atoms with Gasteiger partial charge in [0.1, 0.15) is 0 Å². The minimum Gasteiger partial charge on any atom is -0.351 e. The highest BCUT2D eigenvalue weighted by atomic mass is 35.5. The van der Waals surface area contributed by atoms with Crippen molar-refractivity contribution in [1.82, 2.24) is 9.88 Å². The minimum atomic E-state index is -0.179. The molecule has 3 aromatic rings. The lowest BCUT2D eigenvalue weighted by Gasteiger charge is -2.13. The van der Waals surface area contributed by atoms with E-state index in [9.17, 15) is 9.59 Å². The first-order chi connectivity index (χ1) is 12.1. The molecule has 2 N–H and O–H groups in total. The van der Waals surface area contributed by atoms with Gasteiger partial charge in [-0.15, -0.1) is 11.3 Å². The number of hydrogen-bond acceptors (Lipinski definition) is 3. The molecule has 0 unspecified atom stereocenters. The summed E-state index contributed by atoms with van der Waals surface area (Å²) in [6.07, 6.45) is 3.94. The molecule has 0 saturated carbocycles. The molecule has 0 saturated heterocycles. The van der Waals surface area contributed by atoms with Gasteiger partial charge in [-0.05, 0) is 41.8 Å². The van der Waals surface area contributed by atoms with E-state index in [1.165, 1.54) is 11.3 Å². The fourth-order valence-electron chi connectivity index (χ4n) is 2.32. The van der Waals surface area contributed by atoms with Crippen LogP contribution in [0.3, 0.4) is 0 Å². The average molecular weight is 374 g/mol. The van der Waals surface area contributed by atoms with Crippen molar-refractivity contribution in [3.8, 4) is 5.69 Å². The monoisotopic (exact) mass is 373 g/mol. The normalized spacial score (nSPS) is 10.4. The maximum Gasteiger partial charge on any atom is 0.261 e. The summed E-state index contributed by atoms with van der Waals surface area (Å²) in [5.41, 5.74) is 1.45. The lowest BCUT2D eigenvalue weighted by Crippen LogP contribution is -2.27. The maximum atomic E-state index is 12.2. The molecule has 2 amide bonds. The lowest BCUT2D eigenvalue weighted by atomic mass is 10.2. The average Bonchev–Trinajstić information content (AvgIpc) is 3.30. The number of carbonyl (C=O) groups excluding carboxylic acids is 2. The Morgan fingerprint density at radius 2 is 1.92 bits per heavy atom. The van der Waals surface area contributed by atoms with Crippen LogP contribution in [0.5, 0.6) is 0 Å². The van der Waals surface area contributed by atoms with Crippen molar-refractivity contribution in [2.75, 3.05) is 11.9 Å². The van der Waals surface area contributed by atoms with Gasteiger partial charge in [0.25, 0.3) is 5.91 Å². The topological polar surface area (TPSA) is 63.1 Å². The molecule has 0 spiro atoms. The fraction of sp³-hybridized carbons (Fsp3) is 0.111. The Hall–Kier alpha value is -2.57. The van der Waals surface area contributed by atoms with Crippen LogP contribution in [0.4, 0.5) is 5.69 Å². The molecule has 0 radical (unpaired) electrons. The first kappa shape index (κ1) is 17.3. The van der Waals surface area contributed by atoms with Crippen molar-refractivity contribution in [3.63, 3.8) is 0 Å². The summed E-state index contributed by atoms with van der Waals surface area (Å²) >= 11 is 7.43. The smallest absolute Gasteiger partial charge is 0.261 e. The van der Waals surface area contributed by atoms with Gasteiger partial charge in [-0.2, -0.15) is 0 Å². The van der Waals surface area contributed by atoms with Crippen LogP contribution in [0.15, 0.2) is 60.2 Å². The molecule has 2 heterocycles. The van der Waals surface area contributed by atoms with E-state index in [4.69, 9.17) is 11.6 Å². The Labute approximate surface area is 154 Å². The van der Waals surface area contributed by atoms with Gasteiger partial charge in [0, 0.05) is 30.4 Å². The van der Waals surface area contributed by atoms with Crippen molar-refractivity contribution in [2.45, 2.75) is 6.42 Å². The molecule has 128 valence electrons. The van der Waals surface area contributed by atoms with E-state index < -0.39 is 0 Å². The summed E-state index contributed by atoms with van der Waals surface area (Å²) in [5.74, 6) is -0.343. The van der Waals surface area contributed by atoms with Crippen molar-refractivity contribution in [2.24, 2.45) is 0 Å². The van der Waals surface area contributed by atoms with Crippen LogP contribution in [0.1, 0.15) is 16.1 Å². The molecule has 2 aromatic heterocycles. The van der Waals surface area contributed by atoms with Gasteiger partial charge in [0.15, 0.2) is 0 Å². The second kappa shape index (κ2) is 8.00. The second-order valence-corrected chi connectivity index (χ2v) is 6.67. The minimum absolute atomic E-state index is 0.165. The number of nitrogens with zero attached hydrogens (tertiary/aromatic N) is 1. The van der Waals surface area contributed by atoms with E-state index in [-0.39, 0.29) is 24.8 Å². The first-order valence-corrected chi connectivity index (χ1v) is 8.94. The zero-order valence-corrected chi connectivity index (χ0v) is 14.8. The quantitative estimate of drug-likeness (QED) is 0.687. The predicted molar refractivity (Wildman–Crippen MR) is 101 cm³/mol. The van der Waals surface area contributed by atoms with E-state index in [0.717, 1.165) is 5.69 Å². The van der Waals surface area contributed by atoms with E-state index >= 15 is 0 Å². The number of benzene rings is 1. The molecular formula is C18H16ClN3O2S. The van der Waals surface area contributed by atoms with Crippen LogP contribution in [0, 0.1) is 0 Å². The third kappa shape index (κ3) is 4.49. The Morgan fingerprint density at radius 3 is 2.64 bits per heavy atom. The summed E-state index contributed by atoms with van der Waals surface area (Å²) in [7, 11) is 0. The molecule has 0 fully saturated rings. The highest BCUT2D eigenvalue weighted by Crippen LogP contribution is 2.24. The summed E-state index contributed by atoms with van der Waals surface area (Å²) in [6, 6.07) is 12.6. The molecule has 25 heavy (non-hydrogen) atoms. The lowest BCUT2D eigenvalue weighted by molar-refractivity contribution is -0.116. The van der Waals surface area contributed by atoms with E-state index in [1.807, 2.05) is 40.5 Å². The number of carbonyl (C=O) groups is 2. The van der Waals surface area contributed by atoms with Crippen LogP contribution in [-0.2, 0) is 4.79 Å². The van der Waals surface area contributed by atoms with Gasteiger partial charge in [-0.3, -0.25) is 9.59 Å². The zero-order valence-electron chi connectivity index (χ0n) is 13.2. The number of anilines is 1. The number of halogens is 1. The zero-order chi connectivity index (χ0) is 17.6. The van der Waals surface area contributed by atoms with Crippen LogP contribution >= 0.6 is 22.9 Å². The van der Waals surface area contributed by atoms with Gasteiger partial charge in [0.2, 0.25) is 5.91 Å². The van der Waals surface area contributed by atoms with Crippen LogP contribution < -0.4 is 10.6 Å². The standard InChI is InChI=1S/C18H16ClN3O2S/c19-13-5-6-14(15(12-13)22-9-1-2-10-22)21-17(23)7-8-20-18(24)16-4-3-11-25-16/h1-6,9-12H,7-8H2,(H,20,24)(H,21,23). The second-order valence-electron chi connectivity index (χ2n) is 5.28. The predicted octanol–water partition coefficient (Wildman–Crippen LogP) is 3.95. The molecule has 0 aliphatic rings. The van der Waals surface area contributed by atoms with E-state index in [1.54, 1.807) is 24.3 Å². The highest BCUT2D eigenvalue weighted by Gasteiger charge is 2.10.